The highest BCUT2D eigenvalue weighted by Gasteiger charge is 2.22. The fourth-order valence-corrected chi connectivity index (χ4v) is 3.73. The van der Waals surface area contributed by atoms with Crippen LogP contribution in [0.4, 0.5) is 0 Å². The number of hydrogen-bond donors (Lipinski definition) is 1. The van der Waals surface area contributed by atoms with Gasteiger partial charge in [0.15, 0.2) is 5.82 Å². The molecule has 2 heterocycles. The van der Waals surface area contributed by atoms with Crippen molar-refractivity contribution in [3.8, 4) is 0 Å². The first kappa shape index (κ1) is 16.0. The number of nitrogens with zero attached hydrogens (tertiary/aromatic N) is 4. The summed E-state index contributed by atoms with van der Waals surface area (Å²) in [6.07, 6.45) is 2.94. The smallest absolute Gasteiger partial charge is 0.212 e. The van der Waals surface area contributed by atoms with E-state index in [1.165, 1.54) is 0 Å². The van der Waals surface area contributed by atoms with Crippen molar-refractivity contribution in [3.63, 3.8) is 0 Å². The minimum absolute atomic E-state index is 0.137. The molecule has 1 aromatic heterocycles. The number of hydrogen-bond acceptors (Lipinski definition) is 6. The van der Waals surface area contributed by atoms with Gasteiger partial charge in [-0.25, -0.2) is 0 Å². The van der Waals surface area contributed by atoms with Gasteiger partial charge in [0, 0.05) is 10.2 Å². The molecule has 1 aliphatic rings. The van der Waals surface area contributed by atoms with Gasteiger partial charge in [-0.1, -0.05) is 39.8 Å². The van der Waals surface area contributed by atoms with Crippen LogP contribution in [0.5, 0.6) is 0 Å². The van der Waals surface area contributed by atoms with Crippen molar-refractivity contribution >= 4 is 45.2 Å². The SMILES string of the molecule is CSCCC(N)c1nnc2n1N=C(c1ccc(Br)cc1)CS2. The Hall–Kier alpha value is -0.830. The summed E-state index contributed by atoms with van der Waals surface area (Å²) in [5.41, 5.74) is 8.36. The molecule has 5 nitrogen and oxygen atoms in total. The second kappa shape index (κ2) is 7.16. The van der Waals surface area contributed by atoms with E-state index in [2.05, 4.69) is 44.5 Å². The Morgan fingerprint density at radius 2 is 2.14 bits per heavy atom. The van der Waals surface area contributed by atoms with Crippen LogP contribution >= 0.6 is 39.5 Å². The van der Waals surface area contributed by atoms with Gasteiger partial charge in [0.25, 0.3) is 0 Å². The Labute approximate surface area is 146 Å². The molecule has 0 saturated carbocycles. The maximum absolute atomic E-state index is 6.23. The lowest BCUT2D eigenvalue weighted by molar-refractivity contribution is 0.598. The van der Waals surface area contributed by atoms with Gasteiger partial charge >= 0.3 is 0 Å². The third kappa shape index (κ3) is 3.40. The van der Waals surface area contributed by atoms with E-state index in [-0.39, 0.29) is 6.04 Å². The zero-order valence-electron chi connectivity index (χ0n) is 12.1. The fraction of sp³-hybridized carbons (Fsp3) is 0.357. The van der Waals surface area contributed by atoms with Crippen LogP contribution in [0.3, 0.4) is 0 Å². The molecule has 0 radical (unpaired) electrons. The van der Waals surface area contributed by atoms with E-state index in [1.807, 2.05) is 12.1 Å². The first-order chi connectivity index (χ1) is 10.7. The normalized spacial score (nSPS) is 15.3. The minimum Gasteiger partial charge on any atom is -0.321 e. The van der Waals surface area contributed by atoms with E-state index in [9.17, 15) is 0 Å². The molecule has 1 atom stereocenters. The molecule has 0 spiro atoms. The highest BCUT2D eigenvalue weighted by molar-refractivity contribution is 9.10. The van der Waals surface area contributed by atoms with Crippen LogP contribution in [0.15, 0.2) is 39.0 Å². The van der Waals surface area contributed by atoms with Gasteiger partial charge in [-0.3, -0.25) is 0 Å². The van der Waals surface area contributed by atoms with Crippen molar-refractivity contribution in [3.05, 3.63) is 40.1 Å². The number of aromatic nitrogens is 3. The molecule has 1 aliphatic heterocycles. The number of fused-ring (bicyclic) bond motifs is 1. The van der Waals surface area contributed by atoms with Gasteiger partial charge in [-0.05, 0) is 36.1 Å². The molecule has 0 saturated heterocycles. The van der Waals surface area contributed by atoms with Gasteiger partial charge in [0.05, 0.1) is 11.8 Å². The average molecular weight is 398 g/mol. The predicted octanol–water partition coefficient (Wildman–Crippen LogP) is 3.15. The van der Waals surface area contributed by atoms with Crippen molar-refractivity contribution < 1.29 is 0 Å². The zero-order valence-corrected chi connectivity index (χ0v) is 15.3. The third-order valence-electron chi connectivity index (χ3n) is 3.34. The Kier molecular flexibility index (Phi) is 5.22. The first-order valence-electron chi connectivity index (χ1n) is 6.85. The second-order valence-corrected chi connectivity index (χ2v) is 7.73. The largest absolute Gasteiger partial charge is 0.321 e. The van der Waals surface area contributed by atoms with Gasteiger partial charge in [0.2, 0.25) is 5.16 Å². The van der Waals surface area contributed by atoms with Crippen LogP contribution in [0, 0.1) is 0 Å². The lowest BCUT2D eigenvalue weighted by Gasteiger charge is -2.16. The number of benzene rings is 1. The minimum atomic E-state index is -0.137. The predicted molar refractivity (Wildman–Crippen MR) is 96.8 cm³/mol. The summed E-state index contributed by atoms with van der Waals surface area (Å²) >= 11 is 6.88. The van der Waals surface area contributed by atoms with E-state index in [1.54, 1.807) is 28.2 Å². The molecule has 1 unspecified atom stereocenters. The second-order valence-electron chi connectivity index (χ2n) is 4.88. The Morgan fingerprint density at radius 3 is 2.86 bits per heavy atom. The first-order valence-corrected chi connectivity index (χ1v) is 10.0. The van der Waals surface area contributed by atoms with Crippen molar-refractivity contribution in [2.45, 2.75) is 17.6 Å². The van der Waals surface area contributed by atoms with Gasteiger partial charge in [-0.2, -0.15) is 21.5 Å². The van der Waals surface area contributed by atoms with E-state index < -0.39 is 0 Å². The summed E-state index contributed by atoms with van der Waals surface area (Å²) < 4.78 is 2.86. The molecule has 2 N–H and O–H groups in total. The van der Waals surface area contributed by atoms with Crippen molar-refractivity contribution in [2.75, 3.05) is 17.8 Å². The lowest BCUT2D eigenvalue weighted by atomic mass is 10.1. The highest BCUT2D eigenvalue weighted by Crippen LogP contribution is 2.27. The lowest BCUT2D eigenvalue weighted by Crippen LogP contribution is -2.20. The summed E-state index contributed by atoms with van der Waals surface area (Å²) in [6.45, 7) is 0. The number of nitrogens with two attached hydrogens (primary N) is 1. The molecule has 0 amide bonds. The molecular weight excluding hydrogens is 382 g/mol. The summed E-state index contributed by atoms with van der Waals surface area (Å²) in [7, 11) is 0. The topological polar surface area (TPSA) is 69.1 Å². The van der Waals surface area contributed by atoms with Gasteiger partial charge < -0.3 is 5.73 Å². The number of halogens is 1. The summed E-state index contributed by atoms with van der Waals surface area (Å²) in [5.74, 6) is 2.53. The van der Waals surface area contributed by atoms with Crippen LogP contribution in [-0.2, 0) is 0 Å². The van der Waals surface area contributed by atoms with Gasteiger partial charge in [-0.15, -0.1) is 10.2 Å². The van der Waals surface area contributed by atoms with Crippen molar-refractivity contribution in [1.82, 2.24) is 14.9 Å². The van der Waals surface area contributed by atoms with Crippen molar-refractivity contribution in [1.29, 1.82) is 0 Å². The molecule has 0 fully saturated rings. The summed E-state index contributed by atoms with van der Waals surface area (Å²) in [6, 6.07) is 8.03. The molecule has 0 aliphatic carbocycles. The Bertz CT molecular complexity index is 683. The average Bonchev–Trinajstić information content (AvgIpc) is 2.96. The standard InChI is InChI=1S/C14H16BrN5S2/c1-21-7-6-11(16)13-17-18-14-20(13)19-12(8-22-14)9-2-4-10(15)5-3-9/h2-5,11H,6-8,16H2,1H3. The molecule has 8 heteroatoms. The fourth-order valence-electron chi connectivity index (χ4n) is 2.13. The maximum atomic E-state index is 6.23. The van der Waals surface area contributed by atoms with Crippen LogP contribution in [0.1, 0.15) is 23.9 Å². The molecule has 0 bridgehead atoms. The van der Waals surface area contributed by atoms with E-state index in [0.29, 0.717) is 0 Å². The monoisotopic (exact) mass is 397 g/mol. The third-order valence-corrected chi connectivity index (χ3v) is 5.44. The van der Waals surface area contributed by atoms with Crippen LogP contribution in [-0.4, -0.2) is 38.3 Å². The zero-order chi connectivity index (χ0) is 15.5. The highest BCUT2D eigenvalue weighted by atomic mass is 79.9. The van der Waals surface area contributed by atoms with Crippen molar-refractivity contribution in [2.24, 2.45) is 10.8 Å². The molecule has 3 rings (SSSR count). The summed E-state index contributed by atoms with van der Waals surface area (Å²) in [5, 5.41) is 14.0. The molecule has 2 aromatic rings. The number of thioether (sulfide) groups is 2. The van der Waals surface area contributed by atoms with Crippen LogP contribution < -0.4 is 5.73 Å². The quantitative estimate of drug-likeness (QED) is 0.838. The van der Waals surface area contributed by atoms with Gasteiger partial charge in [0.1, 0.15) is 0 Å². The van der Waals surface area contributed by atoms with E-state index in [0.717, 1.165) is 44.7 Å². The maximum Gasteiger partial charge on any atom is 0.212 e. The number of rotatable bonds is 5. The van der Waals surface area contributed by atoms with E-state index >= 15 is 0 Å². The van der Waals surface area contributed by atoms with Crippen LogP contribution in [0.2, 0.25) is 0 Å². The molecule has 22 heavy (non-hydrogen) atoms. The summed E-state index contributed by atoms with van der Waals surface area (Å²) in [4.78, 5) is 0. The molecular formula is C14H16BrN5S2. The van der Waals surface area contributed by atoms with Crippen LogP contribution in [0.25, 0.3) is 0 Å². The molecule has 116 valence electrons. The molecule has 1 aromatic carbocycles. The Morgan fingerprint density at radius 1 is 1.36 bits per heavy atom. The Balaban J connectivity index is 1.90. The van der Waals surface area contributed by atoms with E-state index in [4.69, 9.17) is 10.8 Å².